The Bertz CT molecular complexity index is 1140. The summed E-state index contributed by atoms with van der Waals surface area (Å²) in [6.45, 7) is 3.41. The van der Waals surface area contributed by atoms with E-state index in [0.717, 1.165) is 64.1 Å². The number of halogens is 1. The Balaban J connectivity index is 1.36. The maximum absolute atomic E-state index is 11.8. The molecule has 0 unspecified atom stereocenters. The molecule has 1 aromatic carbocycles. The molecule has 29 heavy (non-hydrogen) atoms. The number of fused-ring (bicyclic) bond motifs is 1. The van der Waals surface area contributed by atoms with Crippen LogP contribution in [0.1, 0.15) is 6.42 Å². The van der Waals surface area contributed by atoms with Gasteiger partial charge >= 0.3 is 0 Å². The van der Waals surface area contributed by atoms with Gasteiger partial charge in [-0.15, -0.1) is 11.3 Å². The van der Waals surface area contributed by atoms with Crippen molar-refractivity contribution in [1.29, 1.82) is 0 Å². The van der Waals surface area contributed by atoms with Gasteiger partial charge < -0.3 is 4.90 Å². The zero-order valence-electron chi connectivity index (χ0n) is 15.8. The number of thiophene rings is 1. The Morgan fingerprint density at radius 3 is 2.52 bits per heavy atom. The fraction of sp³-hybridized carbons (Fsp3) is 0.400. The Labute approximate surface area is 179 Å². The van der Waals surface area contributed by atoms with Gasteiger partial charge in [-0.3, -0.25) is 4.90 Å². The molecule has 0 radical (unpaired) electrons. The van der Waals surface area contributed by atoms with E-state index in [0.29, 0.717) is 11.5 Å². The minimum absolute atomic E-state index is 0.172. The third-order valence-corrected chi connectivity index (χ3v) is 8.93. The highest BCUT2D eigenvalue weighted by molar-refractivity contribution is 7.91. The van der Waals surface area contributed by atoms with E-state index in [1.165, 1.54) is 0 Å². The molecule has 152 valence electrons. The molecule has 1 atom stereocenters. The molecular formula is C20H21ClN4O2S2. The first kappa shape index (κ1) is 19.2. The van der Waals surface area contributed by atoms with Crippen LogP contribution in [-0.4, -0.2) is 67.0 Å². The Morgan fingerprint density at radius 2 is 1.83 bits per heavy atom. The third kappa shape index (κ3) is 3.86. The summed E-state index contributed by atoms with van der Waals surface area (Å²) in [6, 6.07) is 10.1. The minimum atomic E-state index is -2.85. The average Bonchev–Trinajstić information content (AvgIpc) is 3.31. The van der Waals surface area contributed by atoms with E-state index in [2.05, 4.69) is 25.8 Å². The van der Waals surface area contributed by atoms with E-state index < -0.39 is 9.84 Å². The number of rotatable bonds is 3. The van der Waals surface area contributed by atoms with Crippen molar-refractivity contribution in [2.75, 3.05) is 42.6 Å². The standard InChI is InChI=1S/C20H21ClN4O2S2/c21-15-3-1-14(2-4-15)18-11-17-19(28-18)20(23-13-22-17)25-8-6-24(7-9-25)16-5-10-29(26,27)12-16/h1-4,11,13,16H,5-10,12H2/t16-/m0/s1. The average molecular weight is 449 g/mol. The Hall–Kier alpha value is -1.74. The van der Waals surface area contributed by atoms with Crippen LogP contribution in [0.3, 0.4) is 0 Å². The summed E-state index contributed by atoms with van der Waals surface area (Å²) < 4.78 is 24.7. The van der Waals surface area contributed by atoms with Crippen LogP contribution >= 0.6 is 22.9 Å². The number of hydrogen-bond acceptors (Lipinski definition) is 7. The largest absolute Gasteiger partial charge is 0.353 e. The smallest absolute Gasteiger partial charge is 0.151 e. The molecule has 4 heterocycles. The molecule has 9 heteroatoms. The first-order valence-electron chi connectivity index (χ1n) is 9.68. The predicted octanol–water partition coefficient (Wildman–Crippen LogP) is 3.32. The molecule has 2 saturated heterocycles. The lowest BCUT2D eigenvalue weighted by Crippen LogP contribution is -2.51. The summed E-state index contributed by atoms with van der Waals surface area (Å²) in [7, 11) is -2.85. The summed E-state index contributed by atoms with van der Waals surface area (Å²) in [5, 5.41) is 0.725. The molecule has 3 aromatic rings. The van der Waals surface area contributed by atoms with Gasteiger partial charge in [0, 0.05) is 42.1 Å². The van der Waals surface area contributed by atoms with Crippen LogP contribution in [0.4, 0.5) is 5.82 Å². The van der Waals surface area contributed by atoms with Crippen LogP contribution < -0.4 is 4.90 Å². The van der Waals surface area contributed by atoms with Gasteiger partial charge in [-0.1, -0.05) is 23.7 Å². The van der Waals surface area contributed by atoms with Gasteiger partial charge in [0.05, 0.1) is 21.7 Å². The van der Waals surface area contributed by atoms with Crippen LogP contribution in [0.2, 0.25) is 5.02 Å². The van der Waals surface area contributed by atoms with Crippen LogP contribution in [-0.2, 0) is 9.84 Å². The number of sulfone groups is 1. The molecule has 0 bridgehead atoms. The van der Waals surface area contributed by atoms with Gasteiger partial charge in [0.2, 0.25) is 0 Å². The number of aromatic nitrogens is 2. The maximum Gasteiger partial charge on any atom is 0.151 e. The van der Waals surface area contributed by atoms with Crippen molar-refractivity contribution >= 4 is 48.8 Å². The van der Waals surface area contributed by atoms with Crippen molar-refractivity contribution < 1.29 is 8.42 Å². The zero-order chi connectivity index (χ0) is 20.0. The van der Waals surface area contributed by atoms with Crippen molar-refractivity contribution in [3.05, 3.63) is 41.7 Å². The first-order valence-corrected chi connectivity index (χ1v) is 12.7. The highest BCUT2D eigenvalue weighted by Gasteiger charge is 2.34. The molecule has 2 aliphatic heterocycles. The van der Waals surface area contributed by atoms with Crippen LogP contribution in [0, 0.1) is 0 Å². The summed E-state index contributed by atoms with van der Waals surface area (Å²) in [5.41, 5.74) is 2.07. The second kappa shape index (κ2) is 7.50. The summed E-state index contributed by atoms with van der Waals surface area (Å²) in [6.07, 6.45) is 2.39. The molecule has 0 aliphatic carbocycles. The van der Waals surface area contributed by atoms with Crippen molar-refractivity contribution in [1.82, 2.24) is 14.9 Å². The monoisotopic (exact) mass is 448 g/mol. The van der Waals surface area contributed by atoms with E-state index in [1.807, 2.05) is 24.3 Å². The van der Waals surface area contributed by atoms with Crippen LogP contribution in [0.25, 0.3) is 20.7 Å². The van der Waals surface area contributed by atoms with Crippen molar-refractivity contribution in [2.24, 2.45) is 0 Å². The topological polar surface area (TPSA) is 66.4 Å². The lowest BCUT2D eigenvalue weighted by atomic mass is 10.2. The van der Waals surface area contributed by atoms with Gasteiger partial charge in [0.25, 0.3) is 0 Å². The van der Waals surface area contributed by atoms with Gasteiger partial charge in [-0.25, -0.2) is 18.4 Å². The van der Waals surface area contributed by atoms with Gasteiger partial charge in [0.15, 0.2) is 9.84 Å². The van der Waals surface area contributed by atoms with Crippen molar-refractivity contribution in [3.8, 4) is 10.4 Å². The highest BCUT2D eigenvalue weighted by atomic mass is 35.5. The zero-order valence-corrected chi connectivity index (χ0v) is 18.2. The lowest BCUT2D eigenvalue weighted by Gasteiger charge is -2.38. The van der Waals surface area contributed by atoms with Crippen molar-refractivity contribution in [3.63, 3.8) is 0 Å². The van der Waals surface area contributed by atoms with E-state index in [4.69, 9.17) is 11.6 Å². The number of anilines is 1. The summed E-state index contributed by atoms with van der Waals surface area (Å²) >= 11 is 7.72. The van der Waals surface area contributed by atoms with Gasteiger partial charge in [-0.2, -0.15) is 0 Å². The minimum Gasteiger partial charge on any atom is -0.353 e. The van der Waals surface area contributed by atoms with E-state index >= 15 is 0 Å². The molecule has 0 saturated carbocycles. The summed E-state index contributed by atoms with van der Waals surface area (Å²) in [5.74, 6) is 1.60. The molecule has 5 rings (SSSR count). The third-order valence-electron chi connectivity index (χ3n) is 5.76. The lowest BCUT2D eigenvalue weighted by molar-refractivity contribution is 0.200. The fourth-order valence-electron chi connectivity index (χ4n) is 4.19. The molecule has 2 aromatic heterocycles. The second-order valence-corrected chi connectivity index (χ2v) is 11.3. The molecule has 0 spiro atoms. The quantitative estimate of drug-likeness (QED) is 0.612. The van der Waals surface area contributed by atoms with Crippen molar-refractivity contribution in [2.45, 2.75) is 12.5 Å². The van der Waals surface area contributed by atoms with E-state index in [-0.39, 0.29) is 6.04 Å². The highest BCUT2D eigenvalue weighted by Crippen LogP contribution is 2.37. The number of benzene rings is 1. The van der Waals surface area contributed by atoms with E-state index in [1.54, 1.807) is 17.7 Å². The molecule has 6 nitrogen and oxygen atoms in total. The van der Waals surface area contributed by atoms with Crippen LogP contribution in [0.15, 0.2) is 36.7 Å². The Morgan fingerprint density at radius 1 is 1.07 bits per heavy atom. The number of nitrogens with zero attached hydrogens (tertiary/aromatic N) is 4. The number of hydrogen-bond donors (Lipinski definition) is 0. The fourth-order valence-corrected chi connectivity index (χ4v) is 7.21. The molecule has 0 amide bonds. The predicted molar refractivity (Wildman–Crippen MR) is 119 cm³/mol. The second-order valence-electron chi connectivity index (χ2n) is 7.61. The van der Waals surface area contributed by atoms with Gasteiger partial charge in [0.1, 0.15) is 12.1 Å². The maximum atomic E-state index is 11.8. The Kier molecular flexibility index (Phi) is 4.98. The molecular weight excluding hydrogens is 428 g/mol. The van der Waals surface area contributed by atoms with Crippen LogP contribution in [0.5, 0.6) is 0 Å². The molecule has 2 fully saturated rings. The van der Waals surface area contributed by atoms with E-state index in [9.17, 15) is 8.42 Å². The SMILES string of the molecule is O=S1(=O)CC[C@H](N2CCN(c3ncnc4cc(-c5ccc(Cl)cc5)sc34)CC2)C1. The normalized spacial score (nSPS) is 22.4. The molecule has 0 N–H and O–H groups in total. The molecule has 2 aliphatic rings. The first-order chi connectivity index (χ1) is 14.0. The van der Waals surface area contributed by atoms with Gasteiger partial charge in [-0.05, 0) is 30.2 Å². The number of piperazine rings is 1. The summed E-state index contributed by atoms with van der Waals surface area (Å²) in [4.78, 5) is 14.8.